The number of fused-ring (bicyclic) bond motifs is 1. The van der Waals surface area contributed by atoms with Crippen molar-refractivity contribution in [2.24, 2.45) is 0 Å². The SMILES string of the molecule is CCC(CC(=O)Nc1ccc2oc(=O)n(CCN(C)C)c2c1)c1ccccc1. The molecular formula is C22H27N3O3. The highest BCUT2D eigenvalue weighted by Crippen LogP contribution is 2.24. The van der Waals surface area contributed by atoms with Gasteiger partial charge in [-0.2, -0.15) is 0 Å². The highest BCUT2D eigenvalue weighted by atomic mass is 16.4. The quantitative estimate of drug-likeness (QED) is 0.646. The van der Waals surface area contributed by atoms with E-state index in [1.807, 2.05) is 37.2 Å². The molecule has 3 aromatic rings. The molecule has 28 heavy (non-hydrogen) atoms. The monoisotopic (exact) mass is 381 g/mol. The van der Waals surface area contributed by atoms with Gasteiger partial charge >= 0.3 is 5.76 Å². The third-order valence-electron chi connectivity index (χ3n) is 4.92. The van der Waals surface area contributed by atoms with Crippen LogP contribution in [0.15, 0.2) is 57.7 Å². The summed E-state index contributed by atoms with van der Waals surface area (Å²) < 4.78 is 6.91. The molecule has 148 valence electrons. The number of hydrogen-bond donors (Lipinski definition) is 1. The molecule has 0 aliphatic rings. The molecule has 1 unspecified atom stereocenters. The Morgan fingerprint density at radius 2 is 1.93 bits per heavy atom. The molecule has 2 aromatic carbocycles. The van der Waals surface area contributed by atoms with Gasteiger partial charge < -0.3 is 14.6 Å². The summed E-state index contributed by atoms with van der Waals surface area (Å²) in [7, 11) is 3.91. The van der Waals surface area contributed by atoms with E-state index in [4.69, 9.17) is 4.42 Å². The number of anilines is 1. The molecule has 1 aromatic heterocycles. The Kier molecular flexibility index (Phi) is 6.31. The second-order valence-corrected chi connectivity index (χ2v) is 7.27. The molecule has 0 aliphatic heterocycles. The molecule has 0 aliphatic carbocycles. The molecule has 6 nitrogen and oxygen atoms in total. The number of rotatable bonds is 8. The topological polar surface area (TPSA) is 67.5 Å². The number of carbonyl (C=O) groups excluding carboxylic acids is 1. The van der Waals surface area contributed by atoms with Crippen LogP contribution in [-0.2, 0) is 11.3 Å². The van der Waals surface area contributed by atoms with Crippen molar-refractivity contribution >= 4 is 22.7 Å². The third kappa shape index (κ3) is 4.70. The van der Waals surface area contributed by atoms with E-state index in [0.29, 0.717) is 29.8 Å². The fourth-order valence-electron chi connectivity index (χ4n) is 3.31. The minimum atomic E-state index is -0.379. The molecule has 0 fully saturated rings. The second-order valence-electron chi connectivity index (χ2n) is 7.27. The number of nitrogens with one attached hydrogen (secondary N) is 1. The van der Waals surface area contributed by atoms with Crippen LogP contribution >= 0.6 is 0 Å². The number of likely N-dealkylation sites (N-methyl/N-ethyl adjacent to an activating group) is 1. The van der Waals surface area contributed by atoms with Crippen LogP contribution in [-0.4, -0.2) is 36.0 Å². The number of nitrogens with zero attached hydrogens (tertiary/aromatic N) is 2. The molecular weight excluding hydrogens is 354 g/mol. The number of aromatic nitrogens is 1. The Hall–Kier alpha value is -2.86. The number of hydrogen-bond acceptors (Lipinski definition) is 4. The normalized spacial score (nSPS) is 12.4. The fourth-order valence-corrected chi connectivity index (χ4v) is 3.31. The zero-order valence-corrected chi connectivity index (χ0v) is 16.6. The van der Waals surface area contributed by atoms with E-state index in [0.717, 1.165) is 13.0 Å². The molecule has 1 N–H and O–H groups in total. The first-order chi connectivity index (χ1) is 13.5. The summed E-state index contributed by atoms with van der Waals surface area (Å²) in [6.45, 7) is 3.34. The van der Waals surface area contributed by atoms with Crippen molar-refractivity contribution < 1.29 is 9.21 Å². The zero-order valence-electron chi connectivity index (χ0n) is 16.6. The summed E-state index contributed by atoms with van der Waals surface area (Å²) in [5.41, 5.74) is 3.06. The van der Waals surface area contributed by atoms with Gasteiger partial charge in [0.1, 0.15) is 0 Å². The van der Waals surface area contributed by atoms with Crippen molar-refractivity contribution in [2.45, 2.75) is 32.2 Å². The van der Waals surface area contributed by atoms with Gasteiger partial charge in [-0.3, -0.25) is 9.36 Å². The van der Waals surface area contributed by atoms with E-state index >= 15 is 0 Å². The molecule has 3 rings (SSSR count). The second kappa shape index (κ2) is 8.89. The van der Waals surface area contributed by atoms with Crippen molar-refractivity contribution in [3.63, 3.8) is 0 Å². The molecule has 1 heterocycles. The summed E-state index contributed by atoms with van der Waals surface area (Å²) >= 11 is 0. The Bertz CT molecular complexity index is 989. The Morgan fingerprint density at radius 3 is 2.61 bits per heavy atom. The van der Waals surface area contributed by atoms with Crippen LogP contribution in [0, 0.1) is 0 Å². The highest BCUT2D eigenvalue weighted by molar-refractivity contribution is 5.93. The van der Waals surface area contributed by atoms with Crippen LogP contribution < -0.4 is 11.1 Å². The highest BCUT2D eigenvalue weighted by Gasteiger charge is 2.15. The fraction of sp³-hybridized carbons (Fsp3) is 0.364. The predicted molar refractivity (Wildman–Crippen MR) is 112 cm³/mol. The van der Waals surface area contributed by atoms with Gasteiger partial charge in [0, 0.05) is 25.2 Å². The van der Waals surface area contributed by atoms with Gasteiger partial charge in [-0.15, -0.1) is 0 Å². The van der Waals surface area contributed by atoms with Gasteiger partial charge in [0.2, 0.25) is 5.91 Å². The van der Waals surface area contributed by atoms with Gasteiger partial charge in [0.25, 0.3) is 0 Å². The summed E-state index contributed by atoms with van der Waals surface area (Å²) in [5, 5.41) is 2.96. The van der Waals surface area contributed by atoms with Crippen LogP contribution in [0.25, 0.3) is 11.1 Å². The first-order valence-electron chi connectivity index (χ1n) is 9.61. The van der Waals surface area contributed by atoms with Gasteiger partial charge in [-0.25, -0.2) is 4.79 Å². The average Bonchev–Trinajstić information content (AvgIpc) is 2.99. The van der Waals surface area contributed by atoms with E-state index in [1.54, 1.807) is 22.8 Å². The van der Waals surface area contributed by atoms with Crippen molar-refractivity contribution in [3.05, 3.63) is 64.6 Å². The lowest BCUT2D eigenvalue weighted by atomic mass is 9.93. The number of benzene rings is 2. The van der Waals surface area contributed by atoms with Crippen LogP contribution in [0.4, 0.5) is 5.69 Å². The lowest BCUT2D eigenvalue weighted by Gasteiger charge is -2.15. The molecule has 0 bridgehead atoms. The predicted octanol–water partition coefficient (Wildman–Crippen LogP) is 3.68. The molecule has 1 amide bonds. The van der Waals surface area contributed by atoms with Gasteiger partial charge in [-0.1, -0.05) is 37.3 Å². The standard InChI is InChI=1S/C22H27N3O3/c1-4-16(17-8-6-5-7-9-17)14-21(26)23-18-10-11-20-19(15-18)25(22(27)28-20)13-12-24(2)3/h5-11,15-16H,4,12-14H2,1-3H3,(H,23,26). The van der Waals surface area contributed by atoms with Gasteiger partial charge in [-0.05, 0) is 50.2 Å². The van der Waals surface area contributed by atoms with Crippen molar-refractivity contribution in [1.29, 1.82) is 0 Å². The molecule has 6 heteroatoms. The first-order valence-corrected chi connectivity index (χ1v) is 9.61. The lowest BCUT2D eigenvalue weighted by Crippen LogP contribution is -2.23. The maximum atomic E-state index is 12.6. The molecule has 0 radical (unpaired) electrons. The van der Waals surface area contributed by atoms with Crippen LogP contribution in [0.3, 0.4) is 0 Å². The number of oxazole rings is 1. The minimum Gasteiger partial charge on any atom is -0.408 e. The van der Waals surface area contributed by atoms with Crippen LogP contribution in [0.1, 0.15) is 31.2 Å². The maximum absolute atomic E-state index is 12.6. The van der Waals surface area contributed by atoms with E-state index in [-0.39, 0.29) is 17.6 Å². The summed E-state index contributed by atoms with van der Waals surface area (Å²) in [5.74, 6) is -0.242. The van der Waals surface area contributed by atoms with E-state index in [2.05, 4.69) is 24.4 Å². The van der Waals surface area contributed by atoms with Crippen molar-refractivity contribution in [3.8, 4) is 0 Å². The van der Waals surface area contributed by atoms with Crippen molar-refractivity contribution in [1.82, 2.24) is 9.47 Å². The average molecular weight is 381 g/mol. The van der Waals surface area contributed by atoms with E-state index < -0.39 is 0 Å². The summed E-state index contributed by atoms with van der Waals surface area (Å²) in [6.07, 6.45) is 1.31. The summed E-state index contributed by atoms with van der Waals surface area (Å²) in [6, 6.07) is 15.4. The molecule has 1 atom stereocenters. The zero-order chi connectivity index (χ0) is 20.1. The molecule has 0 saturated carbocycles. The van der Waals surface area contributed by atoms with Gasteiger partial charge in [0.15, 0.2) is 5.58 Å². The number of amides is 1. The smallest absolute Gasteiger partial charge is 0.408 e. The largest absolute Gasteiger partial charge is 0.419 e. The van der Waals surface area contributed by atoms with Crippen LogP contribution in [0.2, 0.25) is 0 Å². The van der Waals surface area contributed by atoms with Crippen molar-refractivity contribution in [2.75, 3.05) is 26.0 Å². The van der Waals surface area contributed by atoms with Crippen LogP contribution in [0.5, 0.6) is 0 Å². The number of carbonyl (C=O) groups is 1. The van der Waals surface area contributed by atoms with Gasteiger partial charge in [0.05, 0.1) is 5.52 Å². The first kappa shape index (κ1) is 19.9. The Labute approximate surface area is 164 Å². The maximum Gasteiger partial charge on any atom is 0.419 e. The minimum absolute atomic E-state index is 0.0410. The summed E-state index contributed by atoms with van der Waals surface area (Å²) in [4.78, 5) is 26.7. The van der Waals surface area contributed by atoms with E-state index in [1.165, 1.54) is 5.56 Å². The molecule has 0 saturated heterocycles. The Balaban J connectivity index is 1.75. The van der Waals surface area contributed by atoms with E-state index in [9.17, 15) is 9.59 Å². The third-order valence-corrected chi connectivity index (χ3v) is 4.92. The lowest BCUT2D eigenvalue weighted by molar-refractivity contribution is -0.116. The molecule has 0 spiro atoms. The Morgan fingerprint density at radius 1 is 1.18 bits per heavy atom.